The quantitative estimate of drug-likeness (QED) is 0.637. The van der Waals surface area contributed by atoms with Crippen LogP contribution in [-0.4, -0.2) is 44.8 Å². The summed E-state index contributed by atoms with van der Waals surface area (Å²) in [6.07, 6.45) is 0.0868. The molecule has 0 radical (unpaired) electrons. The van der Waals surface area contributed by atoms with E-state index in [0.29, 0.717) is 30.4 Å². The van der Waals surface area contributed by atoms with Gasteiger partial charge in [-0.3, -0.25) is 4.79 Å². The van der Waals surface area contributed by atoms with Gasteiger partial charge >= 0.3 is 0 Å². The number of hydrogen-bond acceptors (Lipinski definition) is 6. The SMILES string of the molecule is COc1ccc(/C(C)=N\NC(=O)CC2(C)OCCO2)c(OC)c1. The number of benzene rings is 1. The van der Waals surface area contributed by atoms with Crippen LogP contribution in [0.25, 0.3) is 0 Å². The zero-order valence-corrected chi connectivity index (χ0v) is 13.8. The second kappa shape index (κ2) is 7.43. The highest BCUT2D eigenvalue weighted by Crippen LogP contribution is 2.25. The van der Waals surface area contributed by atoms with Crippen molar-refractivity contribution in [1.82, 2.24) is 5.43 Å². The minimum absolute atomic E-state index is 0.0868. The van der Waals surface area contributed by atoms with Crippen LogP contribution in [0.2, 0.25) is 0 Å². The van der Waals surface area contributed by atoms with Crippen LogP contribution in [0.1, 0.15) is 25.8 Å². The predicted molar refractivity (Wildman–Crippen MR) is 84.8 cm³/mol. The van der Waals surface area contributed by atoms with E-state index in [1.165, 1.54) is 0 Å². The largest absolute Gasteiger partial charge is 0.497 e. The average Bonchev–Trinajstić information content (AvgIpc) is 2.97. The minimum Gasteiger partial charge on any atom is -0.497 e. The number of methoxy groups -OCH3 is 2. The Balaban J connectivity index is 2.03. The smallest absolute Gasteiger partial charge is 0.245 e. The van der Waals surface area contributed by atoms with Gasteiger partial charge in [-0.15, -0.1) is 0 Å². The van der Waals surface area contributed by atoms with E-state index in [1.807, 2.05) is 6.07 Å². The van der Waals surface area contributed by atoms with E-state index in [4.69, 9.17) is 18.9 Å². The number of hydrogen-bond donors (Lipinski definition) is 1. The molecule has 0 saturated carbocycles. The van der Waals surface area contributed by atoms with Gasteiger partial charge in [-0.25, -0.2) is 5.43 Å². The van der Waals surface area contributed by atoms with Crippen molar-refractivity contribution in [2.45, 2.75) is 26.1 Å². The summed E-state index contributed by atoms with van der Waals surface area (Å²) >= 11 is 0. The van der Waals surface area contributed by atoms with E-state index in [9.17, 15) is 4.79 Å². The molecule has 1 amide bonds. The molecule has 7 nitrogen and oxygen atoms in total. The van der Waals surface area contributed by atoms with Crippen LogP contribution in [0, 0.1) is 0 Å². The molecule has 1 aromatic carbocycles. The molecule has 1 aromatic rings. The van der Waals surface area contributed by atoms with Gasteiger partial charge in [0.1, 0.15) is 11.5 Å². The van der Waals surface area contributed by atoms with Crippen LogP contribution < -0.4 is 14.9 Å². The van der Waals surface area contributed by atoms with Crippen molar-refractivity contribution in [3.8, 4) is 11.5 Å². The number of nitrogens with zero attached hydrogens (tertiary/aromatic N) is 1. The molecule has 1 heterocycles. The Labute approximate surface area is 135 Å². The summed E-state index contributed by atoms with van der Waals surface area (Å²) in [7, 11) is 3.16. The Morgan fingerprint density at radius 2 is 2.00 bits per heavy atom. The topological polar surface area (TPSA) is 78.4 Å². The normalized spacial score (nSPS) is 17.0. The minimum atomic E-state index is -0.870. The Bertz CT molecular complexity index is 594. The van der Waals surface area contributed by atoms with E-state index < -0.39 is 5.79 Å². The average molecular weight is 322 g/mol. The van der Waals surface area contributed by atoms with Gasteiger partial charge in [0, 0.05) is 11.6 Å². The van der Waals surface area contributed by atoms with Crippen molar-refractivity contribution in [2.24, 2.45) is 5.10 Å². The number of rotatable bonds is 6. The Morgan fingerprint density at radius 3 is 2.61 bits per heavy atom. The molecule has 23 heavy (non-hydrogen) atoms. The summed E-state index contributed by atoms with van der Waals surface area (Å²) in [5.74, 6) is 0.159. The zero-order valence-electron chi connectivity index (χ0n) is 13.8. The lowest BCUT2D eigenvalue weighted by Gasteiger charge is -2.20. The van der Waals surface area contributed by atoms with E-state index in [0.717, 1.165) is 5.56 Å². The molecule has 1 fully saturated rings. The molecule has 0 atom stereocenters. The van der Waals surface area contributed by atoms with Crippen LogP contribution in [-0.2, 0) is 14.3 Å². The van der Waals surface area contributed by atoms with Crippen LogP contribution >= 0.6 is 0 Å². The van der Waals surface area contributed by atoms with E-state index >= 15 is 0 Å². The molecule has 1 aliphatic rings. The van der Waals surface area contributed by atoms with Gasteiger partial charge in [0.25, 0.3) is 0 Å². The zero-order chi connectivity index (χ0) is 16.9. The number of carbonyl (C=O) groups excluding carboxylic acids is 1. The summed E-state index contributed by atoms with van der Waals surface area (Å²) < 4.78 is 21.3. The highest BCUT2D eigenvalue weighted by molar-refractivity contribution is 6.01. The number of nitrogens with one attached hydrogen (secondary N) is 1. The van der Waals surface area contributed by atoms with Gasteiger partial charge < -0.3 is 18.9 Å². The van der Waals surface area contributed by atoms with Gasteiger partial charge in [-0.2, -0.15) is 5.10 Å². The third-order valence-electron chi connectivity index (χ3n) is 3.53. The Kier molecular flexibility index (Phi) is 5.57. The van der Waals surface area contributed by atoms with Gasteiger partial charge in [0.05, 0.1) is 39.6 Å². The molecule has 2 rings (SSSR count). The number of carbonyl (C=O) groups is 1. The first-order valence-corrected chi connectivity index (χ1v) is 7.31. The van der Waals surface area contributed by atoms with Gasteiger partial charge in [-0.05, 0) is 26.0 Å². The molecule has 126 valence electrons. The first kappa shape index (κ1) is 17.2. The molecule has 7 heteroatoms. The molecule has 0 aromatic heterocycles. The third-order valence-corrected chi connectivity index (χ3v) is 3.53. The van der Waals surface area contributed by atoms with Crippen LogP contribution in [0.3, 0.4) is 0 Å². The first-order valence-electron chi connectivity index (χ1n) is 7.31. The van der Waals surface area contributed by atoms with Crippen LogP contribution in [0.4, 0.5) is 0 Å². The maximum atomic E-state index is 12.0. The van der Waals surface area contributed by atoms with Gasteiger partial charge in [-0.1, -0.05) is 0 Å². The van der Waals surface area contributed by atoms with E-state index in [-0.39, 0.29) is 12.3 Å². The lowest BCUT2D eigenvalue weighted by molar-refractivity contribution is -0.159. The van der Waals surface area contributed by atoms with Crippen molar-refractivity contribution in [2.75, 3.05) is 27.4 Å². The van der Waals surface area contributed by atoms with E-state index in [2.05, 4.69) is 10.5 Å². The summed E-state index contributed by atoms with van der Waals surface area (Å²) in [4.78, 5) is 12.0. The lowest BCUT2D eigenvalue weighted by atomic mass is 10.1. The molecule has 1 saturated heterocycles. The molecule has 0 aliphatic carbocycles. The molecule has 0 bridgehead atoms. The third kappa shape index (κ3) is 4.43. The summed E-state index contributed by atoms with van der Waals surface area (Å²) in [6, 6.07) is 5.39. The second-order valence-electron chi connectivity index (χ2n) is 5.31. The van der Waals surface area contributed by atoms with Crippen molar-refractivity contribution >= 4 is 11.6 Å². The highest BCUT2D eigenvalue weighted by Gasteiger charge is 2.33. The predicted octanol–water partition coefficient (Wildman–Crippen LogP) is 1.70. The van der Waals surface area contributed by atoms with Crippen molar-refractivity contribution in [3.05, 3.63) is 23.8 Å². The fraction of sp³-hybridized carbons (Fsp3) is 0.500. The number of amides is 1. The number of hydrazone groups is 1. The van der Waals surface area contributed by atoms with Crippen LogP contribution in [0.5, 0.6) is 11.5 Å². The Morgan fingerprint density at radius 1 is 1.30 bits per heavy atom. The fourth-order valence-electron chi connectivity index (χ4n) is 2.29. The summed E-state index contributed by atoms with van der Waals surface area (Å²) in [6.45, 7) is 4.52. The van der Waals surface area contributed by atoms with Crippen molar-refractivity contribution in [3.63, 3.8) is 0 Å². The van der Waals surface area contributed by atoms with E-state index in [1.54, 1.807) is 40.2 Å². The summed E-state index contributed by atoms with van der Waals surface area (Å²) in [5.41, 5.74) is 3.91. The molecule has 0 spiro atoms. The maximum absolute atomic E-state index is 12.0. The standard InChI is InChI=1S/C16H22N2O5/c1-11(13-6-5-12(20-3)9-14(13)21-4)17-18-15(19)10-16(2)22-7-8-23-16/h5-6,9H,7-8,10H2,1-4H3,(H,18,19)/b17-11-. The molecular formula is C16H22N2O5. The number of ether oxygens (including phenoxy) is 4. The van der Waals surface area contributed by atoms with Crippen molar-refractivity contribution in [1.29, 1.82) is 0 Å². The molecular weight excluding hydrogens is 300 g/mol. The van der Waals surface area contributed by atoms with Crippen LogP contribution in [0.15, 0.2) is 23.3 Å². The fourth-order valence-corrected chi connectivity index (χ4v) is 2.29. The summed E-state index contributed by atoms with van der Waals surface area (Å²) in [5, 5.41) is 4.12. The lowest BCUT2D eigenvalue weighted by Crippen LogP contribution is -2.33. The molecule has 0 unspecified atom stereocenters. The second-order valence-corrected chi connectivity index (χ2v) is 5.31. The maximum Gasteiger partial charge on any atom is 0.245 e. The Hall–Kier alpha value is -2.12. The monoisotopic (exact) mass is 322 g/mol. The van der Waals surface area contributed by atoms with Crippen molar-refractivity contribution < 1.29 is 23.7 Å². The molecule has 1 aliphatic heterocycles. The highest BCUT2D eigenvalue weighted by atomic mass is 16.7. The van der Waals surface area contributed by atoms with Gasteiger partial charge in [0.15, 0.2) is 5.79 Å². The first-order chi connectivity index (χ1) is 11.0. The molecule has 1 N–H and O–H groups in total. The van der Waals surface area contributed by atoms with Gasteiger partial charge in [0.2, 0.25) is 5.91 Å².